The number of Topliss-reactive ketones (excluding diaryl/α,β-unsaturated/α-hetero) is 1. The van der Waals surface area contributed by atoms with Crippen molar-refractivity contribution in [3.8, 4) is 0 Å². The van der Waals surface area contributed by atoms with Crippen molar-refractivity contribution in [1.29, 1.82) is 0 Å². The van der Waals surface area contributed by atoms with Gasteiger partial charge in [0.15, 0.2) is 14.1 Å². The molecule has 0 aliphatic carbocycles. The molecule has 3 atom stereocenters. The minimum absolute atomic E-state index is 0.0113. The molecule has 0 unspecified atom stereocenters. The van der Waals surface area contributed by atoms with Gasteiger partial charge in [0.1, 0.15) is 12.3 Å². The van der Waals surface area contributed by atoms with Gasteiger partial charge >= 0.3 is 7.60 Å². The number of nitrogens with two attached hydrogens (primary N) is 1. The second kappa shape index (κ2) is 9.28. The molecule has 1 heterocycles. The maximum absolute atomic E-state index is 12.8. The molecule has 1 saturated heterocycles. The molecule has 0 spiro atoms. The van der Waals surface area contributed by atoms with E-state index in [2.05, 4.69) is 20.8 Å². The average molecular weight is 424 g/mol. The predicted molar refractivity (Wildman–Crippen MR) is 105 cm³/mol. The minimum atomic E-state index is -3.64. The minimum Gasteiger partial charge on any atom is -0.411 e. The number of rotatable bonds is 13. The molecule has 1 rings (SSSR count). The number of primary amides is 1. The van der Waals surface area contributed by atoms with Crippen LogP contribution in [0.3, 0.4) is 0 Å². The fraction of sp³-hybridized carbons (Fsp3) is 0.882. The molecule has 0 bridgehead atoms. The van der Waals surface area contributed by atoms with Crippen molar-refractivity contribution in [3.05, 3.63) is 0 Å². The number of amides is 1. The highest BCUT2D eigenvalue weighted by molar-refractivity contribution is 7.54. The third-order valence-corrected chi connectivity index (χ3v) is 12.0. The third kappa shape index (κ3) is 4.89. The van der Waals surface area contributed by atoms with Crippen molar-refractivity contribution in [3.63, 3.8) is 0 Å². The Morgan fingerprint density at radius 2 is 1.63 bits per heavy atom. The lowest BCUT2D eigenvalue weighted by Gasteiger charge is -2.35. The van der Waals surface area contributed by atoms with Gasteiger partial charge in [0, 0.05) is 14.2 Å². The Hall–Kier alpha value is -0.573. The molecular weight excluding hydrogens is 389 g/mol. The van der Waals surface area contributed by atoms with Gasteiger partial charge in [0.2, 0.25) is 5.60 Å². The van der Waals surface area contributed by atoms with E-state index in [0.29, 0.717) is 0 Å². The van der Waals surface area contributed by atoms with Crippen molar-refractivity contribution in [2.45, 2.75) is 70.6 Å². The number of epoxide rings is 1. The lowest BCUT2D eigenvalue weighted by molar-refractivity contribution is -0.132. The zero-order chi connectivity index (χ0) is 21.0. The topological polar surface area (TPSA) is 117 Å². The van der Waals surface area contributed by atoms with Gasteiger partial charge in [-0.05, 0) is 24.1 Å². The summed E-state index contributed by atoms with van der Waals surface area (Å²) < 4.78 is 34.1. The Kier molecular flexibility index (Phi) is 8.41. The normalized spacial score (nSPS) is 24.1. The molecule has 1 amide bonds. The quantitative estimate of drug-likeness (QED) is 0.209. The van der Waals surface area contributed by atoms with Gasteiger partial charge in [-0.3, -0.25) is 14.2 Å². The number of carbonyl (C=O) groups excluding carboxylic acids is 2. The number of hydrogen-bond acceptors (Lipinski definition) is 7. The van der Waals surface area contributed by atoms with Gasteiger partial charge in [0.25, 0.3) is 5.91 Å². The molecule has 0 saturated carbocycles. The first-order valence-electron chi connectivity index (χ1n) is 9.40. The zero-order valence-corrected chi connectivity index (χ0v) is 19.3. The molecule has 0 radical (unpaired) electrons. The fourth-order valence-corrected chi connectivity index (χ4v) is 7.32. The van der Waals surface area contributed by atoms with Crippen LogP contribution in [0.4, 0.5) is 0 Å². The SMILES string of the molecule is CC[Si](CC)(CC)O[C@H](C(C)C)[C@@H]1O[C@@]1(C(N)=O)C(=O)CP(=O)(OC)OC. The first kappa shape index (κ1) is 24.5. The Bertz CT molecular complexity index is 580. The molecule has 10 heteroatoms. The fourth-order valence-electron chi connectivity index (χ4n) is 3.36. The first-order valence-corrected chi connectivity index (χ1v) is 13.7. The number of ether oxygens (including phenoxy) is 1. The molecule has 158 valence electrons. The summed E-state index contributed by atoms with van der Waals surface area (Å²) in [6.07, 6.45) is -1.82. The summed E-state index contributed by atoms with van der Waals surface area (Å²) in [5.41, 5.74) is 3.69. The Morgan fingerprint density at radius 3 is 1.96 bits per heavy atom. The Labute approximate surface area is 163 Å². The van der Waals surface area contributed by atoms with E-state index in [9.17, 15) is 14.2 Å². The largest absolute Gasteiger partial charge is 0.411 e. The maximum Gasteiger partial charge on any atom is 0.337 e. The van der Waals surface area contributed by atoms with Gasteiger partial charge in [-0.2, -0.15) is 0 Å². The lowest BCUT2D eigenvalue weighted by atomic mass is 9.92. The van der Waals surface area contributed by atoms with Crippen molar-refractivity contribution >= 4 is 27.6 Å². The second-order valence-corrected chi connectivity index (χ2v) is 14.3. The van der Waals surface area contributed by atoms with Gasteiger partial charge in [-0.1, -0.05) is 34.6 Å². The maximum atomic E-state index is 12.8. The van der Waals surface area contributed by atoms with Crippen LogP contribution in [0.5, 0.6) is 0 Å². The highest BCUT2D eigenvalue weighted by atomic mass is 31.2. The Morgan fingerprint density at radius 1 is 1.15 bits per heavy atom. The van der Waals surface area contributed by atoms with Crippen LogP contribution in [0.2, 0.25) is 18.1 Å². The van der Waals surface area contributed by atoms with Crippen LogP contribution in [0, 0.1) is 5.92 Å². The van der Waals surface area contributed by atoms with Crippen molar-refractivity contribution in [2.75, 3.05) is 20.4 Å². The number of ketones is 1. The standard InChI is InChI=1S/C17H34NO7PSi/c1-8-27(9-2,10-3)25-14(12(4)5)15-17(24-15,16(18)20)13(19)11-26(21,22-6)23-7/h12,14-15H,8-11H2,1-7H3,(H2,18,20)/t14-,15+,17+/m1/s1. The van der Waals surface area contributed by atoms with E-state index in [1.54, 1.807) is 0 Å². The van der Waals surface area contributed by atoms with E-state index >= 15 is 0 Å². The average Bonchev–Trinajstić information content (AvgIpc) is 3.40. The molecule has 0 aromatic rings. The van der Waals surface area contributed by atoms with Crippen LogP contribution in [-0.4, -0.2) is 58.2 Å². The van der Waals surface area contributed by atoms with E-state index in [0.717, 1.165) is 18.1 Å². The van der Waals surface area contributed by atoms with Crippen LogP contribution in [0.1, 0.15) is 34.6 Å². The van der Waals surface area contributed by atoms with E-state index in [1.807, 2.05) is 13.8 Å². The molecule has 1 fully saturated rings. The summed E-state index contributed by atoms with van der Waals surface area (Å²) in [6.45, 7) is 10.2. The van der Waals surface area contributed by atoms with Gasteiger partial charge in [0.05, 0.1) is 6.10 Å². The molecule has 0 aromatic heterocycles. The number of hydrogen-bond donors (Lipinski definition) is 1. The summed E-state index contributed by atoms with van der Waals surface area (Å²) >= 11 is 0. The molecule has 0 aromatic carbocycles. The molecule has 2 N–H and O–H groups in total. The highest BCUT2D eigenvalue weighted by Crippen LogP contribution is 2.51. The lowest BCUT2D eigenvalue weighted by Crippen LogP contribution is -2.50. The van der Waals surface area contributed by atoms with Crippen LogP contribution < -0.4 is 5.73 Å². The molecule has 8 nitrogen and oxygen atoms in total. The van der Waals surface area contributed by atoms with E-state index < -0.39 is 51.6 Å². The van der Waals surface area contributed by atoms with Crippen LogP contribution in [-0.2, 0) is 32.4 Å². The van der Waals surface area contributed by atoms with Crippen molar-refractivity contribution in [2.24, 2.45) is 11.7 Å². The molecule has 1 aliphatic rings. The summed E-state index contributed by atoms with van der Waals surface area (Å²) in [7, 11) is -3.28. The monoisotopic (exact) mass is 423 g/mol. The predicted octanol–water partition coefficient (Wildman–Crippen LogP) is 2.71. The summed E-state index contributed by atoms with van der Waals surface area (Å²) in [6, 6.07) is 2.78. The Balaban J connectivity index is 3.15. The first-order chi connectivity index (χ1) is 12.5. The number of carbonyl (C=O) groups is 2. The second-order valence-electron chi connectivity index (χ2n) is 7.27. The van der Waals surface area contributed by atoms with Gasteiger partial charge in [-0.25, -0.2) is 0 Å². The van der Waals surface area contributed by atoms with E-state index in [1.165, 1.54) is 14.2 Å². The van der Waals surface area contributed by atoms with Crippen LogP contribution in [0.15, 0.2) is 0 Å². The van der Waals surface area contributed by atoms with Crippen molar-refractivity contribution in [1.82, 2.24) is 0 Å². The van der Waals surface area contributed by atoms with Crippen molar-refractivity contribution < 1.29 is 32.4 Å². The van der Waals surface area contributed by atoms with E-state index in [4.69, 9.17) is 23.9 Å². The third-order valence-electron chi connectivity index (χ3n) is 5.60. The highest BCUT2D eigenvalue weighted by Gasteiger charge is 2.71. The molecular formula is C17H34NO7PSi. The van der Waals surface area contributed by atoms with Gasteiger partial charge in [-0.15, -0.1) is 0 Å². The molecule has 1 aliphatic heterocycles. The summed E-state index contributed by atoms with van der Waals surface area (Å²) in [5.74, 6) is -1.59. The van der Waals surface area contributed by atoms with E-state index in [-0.39, 0.29) is 5.92 Å². The smallest absolute Gasteiger partial charge is 0.337 e. The summed E-state index contributed by atoms with van der Waals surface area (Å²) in [5, 5.41) is 0. The zero-order valence-electron chi connectivity index (χ0n) is 17.4. The van der Waals surface area contributed by atoms with Crippen LogP contribution in [0.25, 0.3) is 0 Å². The van der Waals surface area contributed by atoms with Gasteiger partial charge < -0.3 is 23.9 Å². The van der Waals surface area contributed by atoms with Crippen LogP contribution >= 0.6 is 7.60 Å². The molecule has 27 heavy (non-hydrogen) atoms. The summed E-state index contributed by atoms with van der Waals surface area (Å²) in [4.78, 5) is 25.0.